The van der Waals surface area contributed by atoms with Gasteiger partial charge in [-0.15, -0.1) is 5.10 Å². The van der Waals surface area contributed by atoms with Crippen molar-refractivity contribution in [2.45, 2.75) is 6.92 Å². The lowest BCUT2D eigenvalue weighted by Crippen LogP contribution is -2.50. The molecule has 0 spiro atoms. The second-order valence-corrected chi connectivity index (χ2v) is 8.28. The number of hydrogen-bond donors (Lipinski definition) is 1. The Morgan fingerprint density at radius 1 is 0.971 bits per heavy atom. The van der Waals surface area contributed by atoms with Crippen LogP contribution in [0.15, 0.2) is 53.3 Å². The van der Waals surface area contributed by atoms with Crippen molar-refractivity contribution in [2.24, 2.45) is 0 Å². The topological polar surface area (TPSA) is 88.9 Å². The number of benzene rings is 2. The molecule has 4 rings (SSSR count). The molecular formula is C24H26ClN5O4. The minimum absolute atomic E-state index is 0.197. The van der Waals surface area contributed by atoms with E-state index in [-0.39, 0.29) is 11.6 Å². The Morgan fingerprint density at radius 3 is 2.29 bits per heavy atom. The van der Waals surface area contributed by atoms with Crippen LogP contribution in [0.25, 0.3) is 5.69 Å². The van der Waals surface area contributed by atoms with E-state index in [1.54, 1.807) is 23.1 Å². The van der Waals surface area contributed by atoms with E-state index in [0.29, 0.717) is 59.9 Å². The average molecular weight is 484 g/mol. The third-order valence-electron chi connectivity index (χ3n) is 5.67. The first kappa shape index (κ1) is 23.4. The Hall–Kier alpha value is -3.72. The lowest BCUT2D eigenvalue weighted by Gasteiger charge is -2.35. The van der Waals surface area contributed by atoms with Crippen molar-refractivity contribution < 1.29 is 14.3 Å². The van der Waals surface area contributed by atoms with Crippen molar-refractivity contribution in [2.75, 3.05) is 50.6 Å². The molecule has 0 bridgehead atoms. The molecule has 0 saturated carbocycles. The van der Waals surface area contributed by atoms with Crippen LogP contribution in [0.1, 0.15) is 5.56 Å². The van der Waals surface area contributed by atoms with Gasteiger partial charge < -0.3 is 24.6 Å². The number of halogens is 1. The number of carbonyl (C=O) groups is 1. The molecule has 0 radical (unpaired) electrons. The third-order valence-corrected chi connectivity index (χ3v) is 5.97. The molecule has 0 atom stereocenters. The number of carbonyl (C=O) groups excluding carboxylic acids is 1. The maximum atomic E-state index is 12.9. The quantitative estimate of drug-likeness (QED) is 0.597. The summed E-state index contributed by atoms with van der Waals surface area (Å²) in [5.41, 5.74) is 2.09. The maximum Gasteiger partial charge on any atom is 0.322 e. The molecule has 10 heteroatoms. The van der Waals surface area contributed by atoms with Crippen molar-refractivity contribution in [3.05, 3.63) is 69.5 Å². The van der Waals surface area contributed by atoms with Gasteiger partial charge in [-0.05, 0) is 31.2 Å². The predicted molar refractivity (Wildman–Crippen MR) is 132 cm³/mol. The summed E-state index contributed by atoms with van der Waals surface area (Å²) in [5, 5.41) is 7.79. The van der Waals surface area contributed by atoms with Gasteiger partial charge >= 0.3 is 6.03 Å². The fourth-order valence-electron chi connectivity index (χ4n) is 3.73. The summed E-state index contributed by atoms with van der Waals surface area (Å²) in [5.74, 6) is 1.60. The van der Waals surface area contributed by atoms with Gasteiger partial charge in [0, 0.05) is 38.3 Å². The predicted octanol–water partition coefficient (Wildman–Crippen LogP) is 3.57. The zero-order valence-electron chi connectivity index (χ0n) is 19.2. The van der Waals surface area contributed by atoms with Crippen LogP contribution in [0.5, 0.6) is 11.5 Å². The van der Waals surface area contributed by atoms with Crippen LogP contribution >= 0.6 is 11.6 Å². The molecular weight excluding hydrogens is 458 g/mol. The van der Waals surface area contributed by atoms with Gasteiger partial charge in [-0.1, -0.05) is 29.3 Å². The molecule has 2 amide bonds. The van der Waals surface area contributed by atoms with Gasteiger partial charge in [-0.2, -0.15) is 4.68 Å². The van der Waals surface area contributed by atoms with E-state index >= 15 is 0 Å². The Balaban J connectivity index is 1.43. The number of hydrogen-bond acceptors (Lipinski definition) is 6. The molecule has 1 saturated heterocycles. The van der Waals surface area contributed by atoms with Gasteiger partial charge in [-0.3, -0.25) is 4.79 Å². The second kappa shape index (κ2) is 10.0. The summed E-state index contributed by atoms with van der Waals surface area (Å²) in [6, 6.07) is 13.8. The Bertz CT molecular complexity index is 1240. The van der Waals surface area contributed by atoms with Crippen LogP contribution in [0.4, 0.5) is 16.3 Å². The monoisotopic (exact) mass is 483 g/mol. The van der Waals surface area contributed by atoms with E-state index in [2.05, 4.69) is 15.3 Å². The first-order valence-electron chi connectivity index (χ1n) is 10.8. The minimum Gasteiger partial charge on any atom is -0.495 e. The zero-order valence-corrected chi connectivity index (χ0v) is 20.0. The van der Waals surface area contributed by atoms with Crippen LogP contribution in [0.2, 0.25) is 5.02 Å². The van der Waals surface area contributed by atoms with E-state index in [1.165, 1.54) is 25.0 Å². The summed E-state index contributed by atoms with van der Waals surface area (Å²) in [7, 11) is 3.03. The summed E-state index contributed by atoms with van der Waals surface area (Å²) in [4.78, 5) is 29.0. The molecule has 1 aliphatic heterocycles. The minimum atomic E-state index is -0.253. The standard InChI is InChI=1S/C24H26ClN5O4/c1-16-4-6-17(7-5-16)30-23(31)9-8-22(27-30)28-10-12-29(13-11-28)24(32)26-19-14-18(25)20(33-2)15-21(19)34-3/h4-9,14-15H,10-13H2,1-3H3,(H,26,32). The van der Waals surface area contributed by atoms with E-state index in [1.807, 2.05) is 31.2 Å². The molecule has 34 heavy (non-hydrogen) atoms. The van der Waals surface area contributed by atoms with Crippen LogP contribution < -0.4 is 25.2 Å². The van der Waals surface area contributed by atoms with Crippen LogP contribution in [-0.2, 0) is 0 Å². The molecule has 2 heterocycles. The Kier molecular flexibility index (Phi) is 6.93. The smallest absolute Gasteiger partial charge is 0.322 e. The lowest BCUT2D eigenvalue weighted by molar-refractivity contribution is 0.208. The molecule has 3 aromatic rings. The second-order valence-electron chi connectivity index (χ2n) is 7.87. The first-order chi connectivity index (χ1) is 16.4. The fraction of sp³-hybridized carbons (Fsp3) is 0.292. The number of amides is 2. The van der Waals surface area contributed by atoms with Gasteiger partial charge in [-0.25, -0.2) is 4.79 Å². The first-order valence-corrected chi connectivity index (χ1v) is 11.2. The van der Waals surface area contributed by atoms with E-state index in [0.717, 1.165) is 5.56 Å². The van der Waals surface area contributed by atoms with Gasteiger partial charge in [0.25, 0.3) is 5.56 Å². The number of nitrogens with one attached hydrogen (secondary N) is 1. The van der Waals surface area contributed by atoms with Gasteiger partial charge in [0.2, 0.25) is 0 Å². The number of aromatic nitrogens is 2. The van der Waals surface area contributed by atoms with Crippen molar-refractivity contribution >= 4 is 29.1 Å². The van der Waals surface area contributed by atoms with Crippen molar-refractivity contribution in [3.8, 4) is 17.2 Å². The lowest BCUT2D eigenvalue weighted by atomic mass is 10.2. The Morgan fingerprint density at radius 2 is 1.65 bits per heavy atom. The largest absolute Gasteiger partial charge is 0.495 e. The van der Waals surface area contributed by atoms with Crippen molar-refractivity contribution in [1.82, 2.24) is 14.7 Å². The number of anilines is 2. The van der Waals surface area contributed by atoms with Crippen LogP contribution in [0.3, 0.4) is 0 Å². The maximum absolute atomic E-state index is 12.9. The number of ether oxygens (including phenoxy) is 2. The number of rotatable bonds is 5. The average Bonchev–Trinajstić information content (AvgIpc) is 2.85. The highest BCUT2D eigenvalue weighted by Gasteiger charge is 2.24. The van der Waals surface area contributed by atoms with E-state index in [9.17, 15) is 9.59 Å². The summed E-state index contributed by atoms with van der Waals surface area (Å²) in [6.45, 7) is 4.12. The third kappa shape index (κ3) is 4.94. The molecule has 1 N–H and O–H groups in total. The highest BCUT2D eigenvalue weighted by Crippen LogP contribution is 2.36. The van der Waals surface area contributed by atoms with E-state index < -0.39 is 0 Å². The summed E-state index contributed by atoms with van der Waals surface area (Å²) >= 11 is 6.21. The van der Waals surface area contributed by atoms with Gasteiger partial charge in [0.15, 0.2) is 0 Å². The number of piperazine rings is 1. The van der Waals surface area contributed by atoms with Crippen molar-refractivity contribution in [3.63, 3.8) is 0 Å². The van der Waals surface area contributed by atoms with E-state index in [4.69, 9.17) is 21.1 Å². The van der Waals surface area contributed by atoms with Gasteiger partial charge in [0.1, 0.15) is 17.3 Å². The van der Waals surface area contributed by atoms with Crippen LogP contribution in [-0.4, -0.2) is 61.1 Å². The molecule has 178 valence electrons. The highest BCUT2D eigenvalue weighted by atomic mass is 35.5. The summed E-state index contributed by atoms with van der Waals surface area (Å²) < 4.78 is 11.9. The van der Waals surface area contributed by atoms with Crippen molar-refractivity contribution in [1.29, 1.82) is 0 Å². The molecule has 1 fully saturated rings. The fourth-order valence-corrected chi connectivity index (χ4v) is 3.97. The van der Waals surface area contributed by atoms with Crippen LogP contribution in [0, 0.1) is 6.92 Å². The normalized spacial score (nSPS) is 13.5. The molecule has 0 aliphatic carbocycles. The zero-order chi connectivity index (χ0) is 24.2. The SMILES string of the molecule is COc1cc(OC)c(NC(=O)N2CCN(c3ccc(=O)n(-c4ccc(C)cc4)n3)CC2)cc1Cl. The molecule has 2 aromatic carbocycles. The number of urea groups is 1. The number of nitrogens with zero attached hydrogens (tertiary/aromatic N) is 4. The Labute approximate surface area is 202 Å². The molecule has 0 unspecified atom stereocenters. The number of methoxy groups -OCH3 is 2. The molecule has 9 nitrogen and oxygen atoms in total. The number of aryl methyl sites for hydroxylation is 1. The molecule has 1 aliphatic rings. The van der Waals surface area contributed by atoms with Gasteiger partial charge in [0.05, 0.1) is 30.6 Å². The summed E-state index contributed by atoms with van der Waals surface area (Å²) in [6.07, 6.45) is 0. The molecule has 1 aromatic heterocycles. The highest BCUT2D eigenvalue weighted by molar-refractivity contribution is 6.32.